The van der Waals surface area contributed by atoms with Crippen molar-refractivity contribution < 1.29 is 14.2 Å². The minimum Gasteiger partial charge on any atom is -0.491 e. The van der Waals surface area contributed by atoms with E-state index in [9.17, 15) is 0 Å². The number of benzene rings is 1. The van der Waals surface area contributed by atoms with E-state index >= 15 is 0 Å². The zero-order valence-electron chi connectivity index (χ0n) is 11.9. The number of hydrogen-bond acceptors (Lipinski definition) is 4. The summed E-state index contributed by atoms with van der Waals surface area (Å²) in [5.74, 6) is 0.854. The van der Waals surface area contributed by atoms with Crippen LogP contribution in [0.5, 0.6) is 5.75 Å². The number of rotatable bonds is 10. The second-order valence-electron chi connectivity index (χ2n) is 4.39. The summed E-state index contributed by atoms with van der Waals surface area (Å²) in [4.78, 5) is 0. The minimum absolute atomic E-state index is 0.109. The van der Waals surface area contributed by atoms with Crippen molar-refractivity contribution in [2.75, 3.05) is 33.5 Å². The van der Waals surface area contributed by atoms with Crippen LogP contribution in [0.2, 0.25) is 0 Å². The molecule has 108 valence electrons. The second kappa shape index (κ2) is 9.78. The summed E-state index contributed by atoms with van der Waals surface area (Å²) in [5, 5.41) is 0. The highest BCUT2D eigenvalue weighted by atomic mass is 16.5. The van der Waals surface area contributed by atoms with Gasteiger partial charge in [0.25, 0.3) is 0 Å². The van der Waals surface area contributed by atoms with Gasteiger partial charge in [-0.2, -0.15) is 0 Å². The standard InChI is InChI=1S/C15H25NO3/c1-3-15(16)13-5-7-14(8-6-13)19-12-11-18-10-4-9-17-2/h5-8,15H,3-4,9-12,16H2,1-2H3. The third kappa shape index (κ3) is 6.57. The van der Waals surface area contributed by atoms with Crippen molar-refractivity contribution in [3.05, 3.63) is 29.8 Å². The molecule has 19 heavy (non-hydrogen) atoms. The molecule has 2 N–H and O–H groups in total. The maximum Gasteiger partial charge on any atom is 0.119 e. The summed E-state index contributed by atoms with van der Waals surface area (Å²) in [6.45, 7) is 4.68. The van der Waals surface area contributed by atoms with Crippen LogP contribution >= 0.6 is 0 Å². The summed E-state index contributed by atoms with van der Waals surface area (Å²) in [7, 11) is 1.69. The molecule has 4 heteroatoms. The number of nitrogens with two attached hydrogens (primary N) is 1. The summed E-state index contributed by atoms with van der Waals surface area (Å²) in [5.41, 5.74) is 7.10. The van der Waals surface area contributed by atoms with Crippen molar-refractivity contribution in [2.24, 2.45) is 5.73 Å². The van der Waals surface area contributed by atoms with E-state index < -0.39 is 0 Å². The molecule has 0 aliphatic carbocycles. The van der Waals surface area contributed by atoms with Crippen molar-refractivity contribution in [2.45, 2.75) is 25.8 Å². The lowest BCUT2D eigenvalue weighted by atomic mass is 10.1. The van der Waals surface area contributed by atoms with E-state index in [0.29, 0.717) is 19.8 Å². The van der Waals surface area contributed by atoms with Gasteiger partial charge in [0.2, 0.25) is 0 Å². The SMILES string of the molecule is CCC(N)c1ccc(OCCOCCCOC)cc1. The minimum atomic E-state index is 0.109. The maximum absolute atomic E-state index is 5.95. The van der Waals surface area contributed by atoms with Crippen LogP contribution in [0, 0.1) is 0 Å². The Hall–Kier alpha value is -1.10. The molecule has 0 aliphatic rings. The van der Waals surface area contributed by atoms with Gasteiger partial charge in [-0.1, -0.05) is 19.1 Å². The van der Waals surface area contributed by atoms with Crippen LogP contribution in [0.1, 0.15) is 31.4 Å². The Morgan fingerprint density at radius 1 is 1.05 bits per heavy atom. The van der Waals surface area contributed by atoms with E-state index in [0.717, 1.165) is 30.8 Å². The molecule has 0 heterocycles. The van der Waals surface area contributed by atoms with E-state index in [-0.39, 0.29) is 6.04 Å². The highest BCUT2D eigenvalue weighted by molar-refractivity contribution is 5.28. The van der Waals surface area contributed by atoms with Gasteiger partial charge in [-0.3, -0.25) is 0 Å². The van der Waals surface area contributed by atoms with Gasteiger partial charge >= 0.3 is 0 Å². The summed E-state index contributed by atoms with van der Waals surface area (Å²) < 4.78 is 15.9. The molecule has 0 saturated heterocycles. The fourth-order valence-electron chi connectivity index (χ4n) is 1.67. The quantitative estimate of drug-likeness (QED) is 0.662. The first kappa shape index (κ1) is 16.0. The lowest BCUT2D eigenvalue weighted by Gasteiger charge is -2.11. The van der Waals surface area contributed by atoms with Crippen LogP contribution in [0.3, 0.4) is 0 Å². The Labute approximate surface area is 115 Å². The Morgan fingerprint density at radius 3 is 2.42 bits per heavy atom. The molecule has 0 aromatic heterocycles. The van der Waals surface area contributed by atoms with E-state index in [2.05, 4.69) is 6.92 Å². The average molecular weight is 267 g/mol. The monoisotopic (exact) mass is 267 g/mol. The summed E-state index contributed by atoms with van der Waals surface area (Å²) in [6.07, 6.45) is 1.86. The zero-order chi connectivity index (χ0) is 13.9. The number of methoxy groups -OCH3 is 1. The third-order valence-corrected chi connectivity index (χ3v) is 2.88. The van der Waals surface area contributed by atoms with Crippen molar-refractivity contribution >= 4 is 0 Å². The van der Waals surface area contributed by atoms with Crippen LogP contribution in [0.15, 0.2) is 24.3 Å². The van der Waals surface area contributed by atoms with Crippen molar-refractivity contribution in [3.8, 4) is 5.75 Å². The first-order valence-corrected chi connectivity index (χ1v) is 6.83. The molecule has 1 rings (SSSR count). The van der Waals surface area contributed by atoms with Crippen molar-refractivity contribution in [1.29, 1.82) is 0 Å². The van der Waals surface area contributed by atoms with Crippen LogP contribution in [0.25, 0.3) is 0 Å². The van der Waals surface area contributed by atoms with Gasteiger partial charge in [0.15, 0.2) is 0 Å². The fraction of sp³-hybridized carbons (Fsp3) is 0.600. The topological polar surface area (TPSA) is 53.7 Å². The molecule has 4 nitrogen and oxygen atoms in total. The summed E-state index contributed by atoms with van der Waals surface area (Å²) >= 11 is 0. The van der Waals surface area contributed by atoms with Gasteiger partial charge < -0.3 is 19.9 Å². The molecular formula is C15H25NO3. The highest BCUT2D eigenvalue weighted by Crippen LogP contribution is 2.18. The molecule has 0 fully saturated rings. The van der Waals surface area contributed by atoms with E-state index in [1.165, 1.54) is 0 Å². The van der Waals surface area contributed by atoms with Gasteiger partial charge in [0.1, 0.15) is 12.4 Å². The van der Waals surface area contributed by atoms with Crippen molar-refractivity contribution in [3.63, 3.8) is 0 Å². The van der Waals surface area contributed by atoms with E-state index in [1.54, 1.807) is 7.11 Å². The smallest absolute Gasteiger partial charge is 0.119 e. The molecule has 0 bridgehead atoms. The van der Waals surface area contributed by atoms with Crippen LogP contribution in [-0.2, 0) is 9.47 Å². The van der Waals surface area contributed by atoms with Crippen LogP contribution in [-0.4, -0.2) is 33.5 Å². The second-order valence-corrected chi connectivity index (χ2v) is 4.39. The lowest BCUT2D eigenvalue weighted by molar-refractivity contribution is 0.0806. The Morgan fingerprint density at radius 2 is 1.79 bits per heavy atom. The molecule has 0 saturated carbocycles. The molecule has 1 atom stereocenters. The average Bonchev–Trinajstić information content (AvgIpc) is 2.46. The van der Waals surface area contributed by atoms with Crippen LogP contribution in [0.4, 0.5) is 0 Å². The maximum atomic E-state index is 5.95. The Balaban J connectivity index is 2.16. The van der Waals surface area contributed by atoms with E-state index in [1.807, 2.05) is 24.3 Å². The molecular weight excluding hydrogens is 242 g/mol. The van der Waals surface area contributed by atoms with Gasteiger partial charge in [0, 0.05) is 26.4 Å². The van der Waals surface area contributed by atoms with Gasteiger partial charge in [0.05, 0.1) is 6.61 Å². The molecule has 1 aromatic carbocycles. The largest absolute Gasteiger partial charge is 0.491 e. The molecule has 0 spiro atoms. The Kier molecular flexibility index (Phi) is 8.21. The number of ether oxygens (including phenoxy) is 3. The first-order chi connectivity index (χ1) is 9.27. The van der Waals surface area contributed by atoms with Gasteiger partial charge in [-0.15, -0.1) is 0 Å². The van der Waals surface area contributed by atoms with E-state index in [4.69, 9.17) is 19.9 Å². The van der Waals surface area contributed by atoms with Crippen LogP contribution < -0.4 is 10.5 Å². The first-order valence-electron chi connectivity index (χ1n) is 6.83. The normalized spacial score (nSPS) is 12.4. The lowest BCUT2D eigenvalue weighted by Crippen LogP contribution is -2.10. The molecule has 1 unspecified atom stereocenters. The molecule has 1 aromatic rings. The fourth-order valence-corrected chi connectivity index (χ4v) is 1.67. The molecule has 0 amide bonds. The molecule has 0 aliphatic heterocycles. The zero-order valence-corrected chi connectivity index (χ0v) is 11.9. The third-order valence-electron chi connectivity index (χ3n) is 2.88. The van der Waals surface area contributed by atoms with Crippen molar-refractivity contribution in [1.82, 2.24) is 0 Å². The predicted octanol–water partition coefficient (Wildman–Crippen LogP) is 2.53. The Bertz CT molecular complexity index is 327. The van der Waals surface area contributed by atoms with Gasteiger partial charge in [-0.25, -0.2) is 0 Å². The highest BCUT2D eigenvalue weighted by Gasteiger charge is 2.02. The number of hydrogen-bond donors (Lipinski definition) is 1. The van der Waals surface area contributed by atoms with Gasteiger partial charge in [-0.05, 0) is 30.5 Å². The molecule has 0 radical (unpaired) electrons. The predicted molar refractivity (Wildman–Crippen MR) is 76.5 cm³/mol. The summed E-state index contributed by atoms with van der Waals surface area (Å²) in [6, 6.07) is 8.05.